The van der Waals surface area contributed by atoms with Crippen molar-refractivity contribution < 1.29 is 9.90 Å². The Hall–Kier alpha value is -1.35. The molecule has 92 valence electrons. The first-order valence-electron chi connectivity index (χ1n) is 6.18. The maximum atomic E-state index is 11.3. The Balaban J connectivity index is 2.28. The molecule has 0 bridgehead atoms. The Morgan fingerprint density at radius 1 is 1.35 bits per heavy atom. The maximum Gasteiger partial charge on any atom is 0.307 e. The van der Waals surface area contributed by atoms with Gasteiger partial charge in [0.25, 0.3) is 0 Å². The summed E-state index contributed by atoms with van der Waals surface area (Å²) in [6.07, 6.45) is 1.62. The second-order valence-corrected chi connectivity index (χ2v) is 4.79. The van der Waals surface area contributed by atoms with E-state index in [2.05, 4.69) is 17.4 Å². The minimum atomic E-state index is -0.666. The van der Waals surface area contributed by atoms with Crippen molar-refractivity contribution in [1.82, 2.24) is 5.32 Å². The highest BCUT2D eigenvalue weighted by molar-refractivity contribution is 5.71. The number of hydrogen-bond acceptors (Lipinski definition) is 2. The Labute approximate surface area is 102 Å². The van der Waals surface area contributed by atoms with Gasteiger partial charge in [-0.25, -0.2) is 0 Å². The molecule has 1 aromatic rings. The van der Waals surface area contributed by atoms with Crippen LogP contribution in [0.15, 0.2) is 24.3 Å². The lowest BCUT2D eigenvalue weighted by Crippen LogP contribution is -2.22. The van der Waals surface area contributed by atoms with Crippen molar-refractivity contribution in [2.45, 2.75) is 25.7 Å². The zero-order valence-corrected chi connectivity index (χ0v) is 10.1. The molecule has 0 amide bonds. The minimum Gasteiger partial charge on any atom is -0.481 e. The Morgan fingerprint density at radius 3 is 2.82 bits per heavy atom. The molecule has 1 saturated heterocycles. The van der Waals surface area contributed by atoms with Crippen LogP contribution in [0.1, 0.15) is 29.9 Å². The summed E-state index contributed by atoms with van der Waals surface area (Å²) < 4.78 is 0. The minimum absolute atomic E-state index is 0.141. The van der Waals surface area contributed by atoms with Gasteiger partial charge in [-0.1, -0.05) is 29.8 Å². The van der Waals surface area contributed by atoms with E-state index < -0.39 is 5.97 Å². The summed E-state index contributed by atoms with van der Waals surface area (Å²) in [5.41, 5.74) is 2.37. The lowest BCUT2D eigenvalue weighted by Gasteiger charge is -2.21. The van der Waals surface area contributed by atoms with Gasteiger partial charge < -0.3 is 10.4 Å². The molecule has 1 aromatic carbocycles. The van der Waals surface area contributed by atoms with Crippen molar-refractivity contribution in [2.24, 2.45) is 5.92 Å². The van der Waals surface area contributed by atoms with Crippen molar-refractivity contribution >= 4 is 5.97 Å². The molecular formula is C14H19NO2. The molecule has 2 rings (SSSR count). The summed E-state index contributed by atoms with van der Waals surface area (Å²) in [6.45, 7) is 3.76. The Kier molecular flexibility index (Phi) is 3.79. The number of hydrogen-bond donors (Lipinski definition) is 2. The van der Waals surface area contributed by atoms with E-state index in [4.69, 9.17) is 0 Å². The topological polar surface area (TPSA) is 49.3 Å². The van der Waals surface area contributed by atoms with Crippen LogP contribution in [0.5, 0.6) is 0 Å². The third-order valence-corrected chi connectivity index (χ3v) is 3.54. The molecule has 2 unspecified atom stereocenters. The van der Waals surface area contributed by atoms with Crippen LogP contribution in [-0.4, -0.2) is 24.2 Å². The number of carboxylic acids is 1. The molecule has 1 aliphatic rings. The van der Waals surface area contributed by atoms with Crippen molar-refractivity contribution in [3.8, 4) is 0 Å². The zero-order chi connectivity index (χ0) is 12.3. The fourth-order valence-electron chi connectivity index (χ4n) is 2.64. The first-order chi connectivity index (χ1) is 8.18. The van der Waals surface area contributed by atoms with Crippen LogP contribution in [0.4, 0.5) is 0 Å². The van der Waals surface area contributed by atoms with Gasteiger partial charge in [0.05, 0.1) is 5.92 Å². The van der Waals surface area contributed by atoms with Crippen molar-refractivity contribution in [1.29, 1.82) is 0 Å². The van der Waals surface area contributed by atoms with E-state index >= 15 is 0 Å². The van der Waals surface area contributed by atoms with Gasteiger partial charge >= 0.3 is 5.97 Å². The summed E-state index contributed by atoms with van der Waals surface area (Å²) in [6, 6.07) is 8.24. The van der Waals surface area contributed by atoms with E-state index in [-0.39, 0.29) is 11.8 Å². The molecule has 1 aliphatic heterocycles. The Morgan fingerprint density at radius 2 is 2.12 bits per heavy atom. The van der Waals surface area contributed by atoms with Gasteiger partial charge in [0.15, 0.2) is 0 Å². The predicted octanol–water partition coefficient (Wildman–Crippen LogP) is 2.16. The summed E-state index contributed by atoms with van der Waals surface area (Å²) in [5.74, 6) is -0.783. The second-order valence-electron chi connectivity index (χ2n) is 4.79. The van der Waals surface area contributed by atoms with Gasteiger partial charge in [-0.2, -0.15) is 0 Å². The zero-order valence-electron chi connectivity index (χ0n) is 10.1. The van der Waals surface area contributed by atoms with E-state index in [1.165, 1.54) is 11.1 Å². The summed E-state index contributed by atoms with van der Waals surface area (Å²) in [4.78, 5) is 11.3. The number of aliphatic carboxylic acids is 1. The first kappa shape index (κ1) is 12.1. The smallest absolute Gasteiger partial charge is 0.307 e. The standard InChI is InChI=1S/C14H19NO2/c1-10-3-2-4-11(9-10)12-5-7-15-8-6-13(12)14(16)17/h2-4,9,12-13,15H,5-8H2,1H3,(H,16,17). The summed E-state index contributed by atoms with van der Waals surface area (Å²) >= 11 is 0. The van der Waals surface area contributed by atoms with Crippen molar-refractivity contribution in [3.63, 3.8) is 0 Å². The fourth-order valence-corrected chi connectivity index (χ4v) is 2.64. The molecule has 1 fully saturated rings. The molecule has 2 atom stereocenters. The number of rotatable bonds is 2. The number of nitrogens with one attached hydrogen (secondary N) is 1. The molecule has 0 radical (unpaired) electrons. The quantitative estimate of drug-likeness (QED) is 0.823. The molecule has 2 N–H and O–H groups in total. The Bertz CT molecular complexity index is 403. The first-order valence-corrected chi connectivity index (χ1v) is 6.18. The highest BCUT2D eigenvalue weighted by Gasteiger charge is 2.30. The highest BCUT2D eigenvalue weighted by Crippen LogP contribution is 2.32. The van der Waals surface area contributed by atoms with Crippen molar-refractivity contribution in [3.05, 3.63) is 35.4 Å². The van der Waals surface area contributed by atoms with E-state index in [0.717, 1.165) is 19.5 Å². The molecule has 0 spiro atoms. The van der Waals surface area contributed by atoms with Crippen LogP contribution in [0.25, 0.3) is 0 Å². The normalized spacial score (nSPS) is 25.2. The number of benzene rings is 1. The molecule has 0 aromatic heterocycles. The predicted molar refractivity (Wildman–Crippen MR) is 67.1 cm³/mol. The van der Waals surface area contributed by atoms with Crippen LogP contribution in [-0.2, 0) is 4.79 Å². The molecule has 0 saturated carbocycles. The third-order valence-electron chi connectivity index (χ3n) is 3.54. The number of aryl methyl sites for hydroxylation is 1. The van der Waals surface area contributed by atoms with Crippen LogP contribution in [0, 0.1) is 12.8 Å². The van der Waals surface area contributed by atoms with Crippen molar-refractivity contribution in [2.75, 3.05) is 13.1 Å². The monoisotopic (exact) mass is 233 g/mol. The molecule has 17 heavy (non-hydrogen) atoms. The molecule has 0 aliphatic carbocycles. The number of carbonyl (C=O) groups is 1. The van der Waals surface area contributed by atoms with E-state index in [1.807, 2.05) is 19.1 Å². The lowest BCUT2D eigenvalue weighted by atomic mass is 9.82. The van der Waals surface area contributed by atoms with Gasteiger partial charge in [-0.15, -0.1) is 0 Å². The highest BCUT2D eigenvalue weighted by atomic mass is 16.4. The van der Waals surface area contributed by atoms with Crippen LogP contribution >= 0.6 is 0 Å². The summed E-state index contributed by atoms with van der Waals surface area (Å²) in [5, 5.41) is 12.6. The average Bonchev–Trinajstić information content (AvgIpc) is 2.54. The van der Waals surface area contributed by atoms with E-state index in [1.54, 1.807) is 0 Å². The van der Waals surface area contributed by atoms with Gasteiger partial charge in [-0.05, 0) is 44.3 Å². The van der Waals surface area contributed by atoms with Gasteiger partial charge in [0, 0.05) is 0 Å². The number of carboxylic acid groups (broad SMARTS) is 1. The van der Waals surface area contributed by atoms with Crippen LogP contribution < -0.4 is 5.32 Å². The third kappa shape index (κ3) is 2.86. The SMILES string of the molecule is Cc1cccc(C2CCNCCC2C(=O)O)c1. The largest absolute Gasteiger partial charge is 0.481 e. The van der Waals surface area contributed by atoms with Crippen LogP contribution in [0.2, 0.25) is 0 Å². The van der Waals surface area contributed by atoms with Crippen LogP contribution in [0.3, 0.4) is 0 Å². The molecule has 3 heteroatoms. The van der Waals surface area contributed by atoms with Gasteiger partial charge in [0.2, 0.25) is 0 Å². The molecule has 1 heterocycles. The second kappa shape index (κ2) is 5.32. The average molecular weight is 233 g/mol. The van der Waals surface area contributed by atoms with E-state index in [9.17, 15) is 9.90 Å². The molecule has 3 nitrogen and oxygen atoms in total. The van der Waals surface area contributed by atoms with Gasteiger partial charge in [-0.3, -0.25) is 4.79 Å². The van der Waals surface area contributed by atoms with Gasteiger partial charge in [0.1, 0.15) is 0 Å². The summed E-state index contributed by atoms with van der Waals surface area (Å²) in [7, 11) is 0. The lowest BCUT2D eigenvalue weighted by molar-refractivity contribution is -0.142. The maximum absolute atomic E-state index is 11.3. The fraction of sp³-hybridized carbons (Fsp3) is 0.500. The molecular weight excluding hydrogens is 214 g/mol. The van der Waals surface area contributed by atoms with E-state index in [0.29, 0.717) is 6.42 Å².